The summed E-state index contributed by atoms with van der Waals surface area (Å²) in [6, 6.07) is 9.30. The number of aliphatic hydroxyl groups excluding tert-OH is 1. The zero-order valence-electron chi connectivity index (χ0n) is 16.1. The third-order valence-electron chi connectivity index (χ3n) is 4.74. The number of hydrogen-bond donors (Lipinski definition) is 1. The van der Waals surface area contributed by atoms with E-state index in [1.54, 1.807) is 12.0 Å². The fraction of sp³-hybridized carbons (Fsp3) is 0.650. The van der Waals surface area contributed by atoms with Crippen molar-refractivity contribution >= 4 is 5.91 Å². The van der Waals surface area contributed by atoms with Gasteiger partial charge < -0.3 is 19.5 Å². The van der Waals surface area contributed by atoms with Gasteiger partial charge in [-0.15, -0.1) is 0 Å². The number of β-amino-alcohol motifs (C(OH)–C–C–N with tert-alkyl or cyclic N) is 1. The van der Waals surface area contributed by atoms with Crippen molar-refractivity contribution in [3.05, 3.63) is 35.9 Å². The number of rotatable bonds is 9. The number of hydrogen-bond acceptors (Lipinski definition) is 5. The van der Waals surface area contributed by atoms with Gasteiger partial charge in [0.05, 0.1) is 25.4 Å². The van der Waals surface area contributed by atoms with E-state index in [9.17, 15) is 9.90 Å². The zero-order chi connectivity index (χ0) is 18.9. The number of methoxy groups -OCH3 is 1. The fourth-order valence-electron chi connectivity index (χ4n) is 3.02. The lowest BCUT2D eigenvalue weighted by Crippen LogP contribution is -2.51. The first-order chi connectivity index (χ1) is 12.5. The molecule has 1 aliphatic heterocycles. The Morgan fingerprint density at radius 1 is 1.38 bits per heavy atom. The molecular weight excluding hydrogens is 332 g/mol. The minimum atomic E-state index is -0.343. The second-order valence-electron chi connectivity index (χ2n) is 7.17. The second-order valence-corrected chi connectivity index (χ2v) is 7.17. The number of morpholine rings is 1. The number of carbonyl (C=O) groups excluding carboxylic acids is 1. The van der Waals surface area contributed by atoms with Gasteiger partial charge >= 0.3 is 0 Å². The molecule has 2 atom stereocenters. The maximum absolute atomic E-state index is 12.8. The van der Waals surface area contributed by atoms with Gasteiger partial charge in [-0.2, -0.15) is 0 Å². The van der Waals surface area contributed by atoms with Gasteiger partial charge in [-0.1, -0.05) is 32.0 Å². The number of benzene rings is 1. The number of aliphatic hydroxyl groups is 1. The average molecular weight is 364 g/mol. The third-order valence-corrected chi connectivity index (χ3v) is 4.74. The minimum Gasteiger partial charge on any atom is -0.392 e. The van der Waals surface area contributed by atoms with Crippen LogP contribution in [0, 0.1) is 5.92 Å². The highest BCUT2D eigenvalue weighted by Crippen LogP contribution is 2.12. The Bertz CT molecular complexity index is 538. The summed E-state index contributed by atoms with van der Waals surface area (Å²) in [6.45, 7) is 8.36. The van der Waals surface area contributed by atoms with Crippen LogP contribution in [0.3, 0.4) is 0 Å². The van der Waals surface area contributed by atoms with Crippen LogP contribution in [0.4, 0.5) is 0 Å². The molecule has 1 saturated heterocycles. The molecule has 1 fully saturated rings. The molecule has 0 spiro atoms. The van der Waals surface area contributed by atoms with Gasteiger partial charge in [0.2, 0.25) is 0 Å². The van der Waals surface area contributed by atoms with Gasteiger partial charge in [0.15, 0.2) is 0 Å². The molecule has 0 radical (unpaired) electrons. The summed E-state index contributed by atoms with van der Waals surface area (Å²) in [5, 5.41) is 10.1. The Balaban J connectivity index is 1.97. The lowest BCUT2D eigenvalue weighted by Gasteiger charge is -2.37. The van der Waals surface area contributed by atoms with E-state index < -0.39 is 0 Å². The second kappa shape index (κ2) is 10.6. The first-order valence-corrected chi connectivity index (χ1v) is 9.36. The van der Waals surface area contributed by atoms with Crippen molar-refractivity contribution in [3.8, 4) is 0 Å². The predicted octanol–water partition coefficient (Wildman–Crippen LogP) is 1.49. The molecule has 1 heterocycles. The van der Waals surface area contributed by atoms with Crippen molar-refractivity contribution in [2.45, 2.75) is 26.1 Å². The predicted molar refractivity (Wildman–Crippen MR) is 101 cm³/mol. The molecule has 146 valence electrons. The Kier molecular flexibility index (Phi) is 8.51. The molecule has 2 rings (SSSR count). The number of amides is 1. The maximum atomic E-state index is 12.8. The van der Waals surface area contributed by atoms with Gasteiger partial charge in [0.1, 0.15) is 0 Å². The van der Waals surface area contributed by atoms with Crippen LogP contribution >= 0.6 is 0 Å². The Morgan fingerprint density at radius 2 is 2.12 bits per heavy atom. The fourth-order valence-corrected chi connectivity index (χ4v) is 3.02. The van der Waals surface area contributed by atoms with E-state index in [-0.39, 0.29) is 24.0 Å². The van der Waals surface area contributed by atoms with Crippen molar-refractivity contribution in [1.82, 2.24) is 9.80 Å². The van der Waals surface area contributed by atoms with Crippen LogP contribution in [0.2, 0.25) is 0 Å². The standard InChI is InChI=1S/C20H32N2O4/c1-16(2)19(23)15-21-9-12-26-18(13-21)14-22(10-11-25-3)20(24)17-7-5-4-6-8-17/h4-8,16,18-19,23H,9-15H2,1-3H3/t18-,19+/m0/s1. The first-order valence-electron chi connectivity index (χ1n) is 9.36. The monoisotopic (exact) mass is 364 g/mol. The summed E-state index contributed by atoms with van der Waals surface area (Å²) in [7, 11) is 1.64. The number of nitrogens with zero attached hydrogens (tertiary/aromatic N) is 2. The van der Waals surface area contributed by atoms with Crippen molar-refractivity contribution < 1.29 is 19.4 Å². The van der Waals surface area contributed by atoms with Crippen molar-refractivity contribution in [1.29, 1.82) is 0 Å². The van der Waals surface area contributed by atoms with Crippen LogP contribution in [0.25, 0.3) is 0 Å². The summed E-state index contributed by atoms with van der Waals surface area (Å²) < 4.78 is 11.1. The van der Waals surface area contributed by atoms with Gasteiger partial charge in [0.25, 0.3) is 5.91 Å². The summed E-state index contributed by atoms with van der Waals surface area (Å²) in [5.74, 6) is 0.222. The maximum Gasteiger partial charge on any atom is 0.254 e. The van der Waals surface area contributed by atoms with Gasteiger partial charge in [0, 0.05) is 45.4 Å². The first kappa shape index (κ1) is 20.8. The molecular formula is C20H32N2O4. The molecule has 0 bridgehead atoms. The smallest absolute Gasteiger partial charge is 0.254 e. The Hall–Kier alpha value is -1.47. The third kappa shape index (κ3) is 6.36. The highest BCUT2D eigenvalue weighted by atomic mass is 16.5. The lowest BCUT2D eigenvalue weighted by atomic mass is 10.1. The molecule has 1 amide bonds. The van der Waals surface area contributed by atoms with Crippen LogP contribution in [0.5, 0.6) is 0 Å². The van der Waals surface area contributed by atoms with Crippen molar-refractivity contribution in [2.24, 2.45) is 5.92 Å². The molecule has 1 aromatic carbocycles. The Labute approximate surface area is 156 Å². The summed E-state index contributed by atoms with van der Waals surface area (Å²) >= 11 is 0. The van der Waals surface area contributed by atoms with E-state index in [2.05, 4.69) is 4.90 Å². The molecule has 0 aromatic heterocycles. The van der Waals surface area contributed by atoms with E-state index in [4.69, 9.17) is 9.47 Å². The number of carbonyl (C=O) groups is 1. The molecule has 0 saturated carbocycles. The van der Waals surface area contributed by atoms with E-state index in [1.807, 2.05) is 44.2 Å². The van der Waals surface area contributed by atoms with Crippen molar-refractivity contribution in [3.63, 3.8) is 0 Å². The highest BCUT2D eigenvalue weighted by Gasteiger charge is 2.27. The SMILES string of the molecule is COCCN(C[C@@H]1CN(C[C@@H](O)C(C)C)CCO1)C(=O)c1ccccc1. The summed E-state index contributed by atoms with van der Waals surface area (Å²) in [4.78, 5) is 16.9. The van der Waals surface area contributed by atoms with E-state index in [0.717, 1.165) is 13.1 Å². The van der Waals surface area contributed by atoms with Crippen LogP contribution in [-0.4, -0.2) is 86.1 Å². The zero-order valence-corrected chi connectivity index (χ0v) is 16.1. The van der Waals surface area contributed by atoms with E-state index >= 15 is 0 Å². The van der Waals surface area contributed by atoms with Crippen LogP contribution in [0.15, 0.2) is 30.3 Å². The molecule has 26 heavy (non-hydrogen) atoms. The van der Waals surface area contributed by atoms with E-state index in [1.165, 1.54) is 0 Å². The largest absolute Gasteiger partial charge is 0.392 e. The number of ether oxygens (including phenoxy) is 2. The molecule has 0 aliphatic carbocycles. The van der Waals surface area contributed by atoms with Crippen LogP contribution < -0.4 is 0 Å². The van der Waals surface area contributed by atoms with Crippen LogP contribution in [-0.2, 0) is 9.47 Å². The van der Waals surface area contributed by atoms with Gasteiger partial charge in [-0.05, 0) is 18.1 Å². The highest BCUT2D eigenvalue weighted by molar-refractivity contribution is 5.94. The van der Waals surface area contributed by atoms with Gasteiger partial charge in [-0.3, -0.25) is 9.69 Å². The van der Waals surface area contributed by atoms with Gasteiger partial charge in [-0.25, -0.2) is 0 Å². The molecule has 0 unspecified atom stereocenters. The molecule has 6 nitrogen and oxygen atoms in total. The minimum absolute atomic E-state index is 0.00871. The normalized spacial score (nSPS) is 19.5. The summed E-state index contributed by atoms with van der Waals surface area (Å²) in [6.07, 6.45) is -0.406. The van der Waals surface area contributed by atoms with Crippen molar-refractivity contribution in [2.75, 3.05) is 53.0 Å². The quantitative estimate of drug-likeness (QED) is 0.719. The Morgan fingerprint density at radius 3 is 2.77 bits per heavy atom. The summed E-state index contributed by atoms with van der Waals surface area (Å²) in [5.41, 5.74) is 0.673. The van der Waals surface area contributed by atoms with E-state index in [0.29, 0.717) is 38.4 Å². The molecule has 6 heteroatoms. The molecule has 1 N–H and O–H groups in total. The lowest BCUT2D eigenvalue weighted by molar-refractivity contribution is -0.0551. The topological polar surface area (TPSA) is 62.2 Å². The van der Waals surface area contributed by atoms with Crippen LogP contribution in [0.1, 0.15) is 24.2 Å². The molecule has 1 aromatic rings. The molecule has 1 aliphatic rings. The average Bonchev–Trinajstić information content (AvgIpc) is 2.65.